The Balaban J connectivity index is 1.57. The van der Waals surface area contributed by atoms with Crippen LogP contribution in [0.4, 0.5) is 0 Å². The zero-order chi connectivity index (χ0) is 18.7. The molecular weight excluding hydrogens is 358 g/mol. The van der Waals surface area contributed by atoms with Crippen molar-refractivity contribution < 1.29 is 22.5 Å². The third-order valence-electron chi connectivity index (χ3n) is 5.60. The number of aromatic nitrogens is 1. The molecule has 1 aromatic rings. The predicted molar refractivity (Wildman–Crippen MR) is 93.1 cm³/mol. The number of fused-ring (bicyclic) bond motifs is 1. The Morgan fingerprint density at radius 2 is 2.19 bits per heavy atom. The molecule has 1 amide bonds. The van der Waals surface area contributed by atoms with Gasteiger partial charge in [0.2, 0.25) is 10.0 Å². The molecule has 3 fully saturated rings. The van der Waals surface area contributed by atoms with Crippen molar-refractivity contribution in [1.82, 2.24) is 14.4 Å². The van der Waals surface area contributed by atoms with Crippen LogP contribution in [0.3, 0.4) is 0 Å². The van der Waals surface area contributed by atoms with Gasteiger partial charge in [-0.15, -0.1) is 0 Å². The summed E-state index contributed by atoms with van der Waals surface area (Å²) in [6, 6.07) is 1.61. The van der Waals surface area contributed by atoms with E-state index in [1.165, 1.54) is 0 Å². The maximum atomic E-state index is 13.0. The predicted octanol–water partition coefficient (Wildman–Crippen LogP) is 1.03. The van der Waals surface area contributed by atoms with E-state index in [0.717, 1.165) is 6.42 Å². The van der Waals surface area contributed by atoms with Crippen molar-refractivity contribution in [2.24, 2.45) is 5.92 Å². The maximum absolute atomic E-state index is 13.0. The van der Waals surface area contributed by atoms with Crippen LogP contribution >= 0.6 is 0 Å². The third kappa shape index (κ3) is 2.76. The zero-order valence-corrected chi connectivity index (χ0v) is 16.2. The number of aryl methyl sites for hydroxylation is 1. The Morgan fingerprint density at radius 3 is 2.85 bits per heavy atom. The van der Waals surface area contributed by atoms with Gasteiger partial charge in [0.15, 0.2) is 5.69 Å². The second-order valence-corrected chi connectivity index (χ2v) is 10.2. The van der Waals surface area contributed by atoms with E-state index >= 15 is 0 Å². The van der Waals surface area contributed by atoms with Crippen LogP contribution in [0.15, 0.2) is 10.6 Å². The molecule has 0 radical (unpaired) electrons. The summed E-state index contributed by atoms with van der Waals surface area (Å²) in [5.41, 5.74) is -0.568. The van der Waals surface area contributed by atoms with Crippen LogP contribution in [0.1, 0.15) is 42.9 Å². The van der Waals surface area contributed by atoms with E-state index in [4.69, 9.17) is 9.26 Å². The Bertz CT molecular complexity index is 820. The van der Waals surface area contributed by atoms with Gasteiger partial charge in [-0.1, -0.05) is 19.0 Å². The molecule has 1 aromatic heterocycles. The van der Waals surface area contributed by atoms with Crippen LogP contribution < -0.4 is 0 Å². The molecule has 3 aliphatic rings. The number of amides is 1. The Labute approximate surface area is 153 Å². The molecular formula is C17H25N3O5S. The van der Waals surface area contributed by atoms with Gasteiger partial charge in [0.25, 0.3) is 5.91 Å². The van der Waals surface area contributed by atoms with Gasteiger partial charge in [0, 0.05) is 25.7 Å². The lowest BCUT2D eigenvalue weighted by atomic mass is 9.99. The number of carbonyl (C=O) groups is 1. The van der Waals surface area contributed by atoms with Crippen LogP contribution in [0, 0.1) is 12.8 Å². The number of hydrogen-bond donors (Lipinski definition) is 0. The Kier molecular flexibility index (Phi) is 4.16. The number of nitrogens with zero attached hydrogens (tertiary/aromatic N) is 3. The lowest BCUT2D eigenvalue weighted by molar-refractivity contribution is -0.0979. The number of sulfonamides is 1. The number of likely N-dealkylation sites (tertiary alicyclic amines) is 1. The van der Waals surface area contributed by atoms with Crippen molar-refractivity contribution in [3.8, 4) is 0 Å². The molecule has 3 atom stereocenters. The summed E-state index contributed by atoms with van der Waals surface area (Å²) >= 11 is 0. The van der Waals surface area contributed by atoms with Gasteiger partial charge in [-0.25, -0.2) is 8.42 Å². The largest absolute Gasteiger partial charge is 0.365 e. The summed E-state index contributed by atoms with van der Waals surface area (Å²) in [6.45, 7) is 7.39. The summed E-state index contributed by atoms with van der Waals surface area (Å²) in [5, 5.41) is 3.24. The molecule has 9 heteroatoms. The van der Waals surface area contributed by atoms with Crippen LogP contribution in [0.5, 0.6) is 0 Å². The van der Waals surface area contributed by atoms with Gasteiger partial charge in [0.05, 0.1) is 12.6 Å². The van der Waals surface area contributed by atoms with Gasteiger partial charge in [-0.3, -0.25) is 4.79 Å². The Morgan fingerprint density at radius 1 is 1.42 bits per heavy atom. The number of rotatable bonds is 4. The quantitative estimate of drug-likeness (QED) is 0.771. The van der Waals surface area contributed by atoms with E-state index in [9.17, 15) is 13.2 Å². The van der Waals surface area contributed by atoms with Crippen molar-refractivity contribution in [3.05, 3.63) is 17.5 Å². The second-order valence-electron chi connectivity index (χ2n) is 8.10. The van der Waals surface area contributed by atoms with Crippen molar-refractivity contribution in [3.63, 3.8) is 0 Å². The molecule has 0 N–H and O–H groups in total. The molecule has 4 rings (SSSR count). The van der Waals surface area contributed by atoms with Crippen LogP contribution in [0.25, 0.3) is 0 Å². The summed E-state index contributed by atoms with van der Waals surface area (Å²) in [7, 11) is -3.40. The lowest BCUT2D eigenvalue weighted by Crippen LogP contribution is -2.56. The minimum atomic E-state index is -3.40. The van der Waals surface area contributed by atoms with Gasteiger partial charge in [0.1, 0.15) is 16.6 Å². The van der Waals surface area contributed by atoms with Crippen molar-refractivity contribution in [2.45, 2.75) is 50.6 Å². The van der Waals surface area contributed by atoms with Gasteiger partial charge in [-0.2, -0.15) is 4.31 Å². The molecule has 1 spiro atoms. The molecule has 3 aliphatic heterocycles. The minimum absolute atomic E-state index is 0.229. The van der Waals surface area contributed by atoms with E-state index < -0.39 is 20.9 Å². The smallest absolute Gasteiger partial charge is 0.276 e. The van der Waals surface area contributed by atoms with E-state index in [-0.39, 0.29) is 24.2 Å². The van der Waals surface area contributed by atoms with E-state index in [1.807, 2.05) is 0 Å². The van der Waals surface area contributed by atoms with Crippen LogP contribution in [0.2, 0.25) is 0 Å². The zero-order valence-electron chi connectivity index (χ0n) is 15.3. The monoisotopic (exact) mass is 383 g/mol. The minimum Gasteiger partial charge on any atom is -0.365 e. The maximum Gasteiger partial charge on any atom is 0.276 e. The summed E-state index contributed by atoms with van der Waals surface area (Å²) in [5.74, 6) is 0.772. The lowest BCUT2D eigenvalue weighted by Gasteiger charge is -2.39. The first-order chi connectivity index (χ1) is 12.2. The molecule has 26 heavy (non-hydrogen) atoms. The van der Waals surface area contributed by atoms with Crippen LogP contribution in [-0.2, 0) is 14.8 Å². The topological polar surface area (TPSA) is 93.0 Å². The molecule has 0 aromatic carbocycles. The Hall–Kier alpha value is -1.45. The molecule has 0 unspecified atom stereocenters. The average molecular weight is 383 g/mol. The molecule has 2 bridgehead atoms. The van der Waals surface area contributed by atoms with Gasteiger partial charge in [-0.05, 0) is 25.7 Å². The fourth-order valence-corrected chi connectivity index (χ4v) is 6.66. The molecule has 4 heterocycles. The van der Waals surface area contributed by atoms with E-state index in [0.29, 0.717) is 37.7 Å². The summed E-state index contributed by atoms with van der Waals surface area (Å²) in [4.78, 5) is 14.4. The van der Waals surface area contributed by atoms with Gasteiger partial charge >= 0.3 is 0 Å². The number of carbonyl (C=O) groups excluding carboxylic acids is 1. The molecule has 0 saturated carbocycles. The first-order valence-corrected chi connectivity index (χ1v) is 10.6. The number of ether oxygens (including phenoxy) is 1. The first kappa shape index (κ1) is 17.9. The second kappa shape index (κ2) is 6.03. The SMILES string of the molecule is Cc1cc(C(=O)N2C[C@H]3C[C@H]4[C@](C2)(CN(CCC(C)C)S4(=O)=O)O3)no1. The summed E-state index contributed by atoms with van der Waals surface area (Å²) in [6.07, 6.45) is 1.02. The average Bonchev–Trinajstić information content (AvgIpc) is 3.16. The van der Waals surface area contributed by atoms with E-state index in [2.05, 4.69) is 19.0 Å². The molecule has 144 valence electrons. The van der Waals surface area contributed by atoms with Crippen molar-refractivity contribution >= 4 is 15.9 Å². The third-order valence-corrected chi connectivity index (χ3v) is 7.97. The van der Waals surface area contributed by atoms with E-state index in [1.54, 1.807) is 22.2 Å². The highest BCUT2D eigenvalue weighted by atomic mass is 32.2. The highest BCUT2D eigenvalue weighted by Gasteiger charge is 2.65. The fraction of sp³-hybridized carbons (Fsp3) is 0.765. The van der Waals surface area contributed by atoms with Crippen LogP contribution in [-0.4, -0.2) is 71.8 Å². The highest BCUT2D eigenvalue weighted by Crippen LogP contribution is 2.46. The fourth-order valence-electron chi connectivity index (χ4n) is 4.34. The normalized spacial score (nSPS) is 33.0. The van der Waals surface area contributed by atoms with Crippen molar-refractivity contribution in [1.29, 1.82) is 0 Å². The molecule has 8 nitrogen and oxygen atoms in total. The molecule has 3 saturated heterocycles. The summed E-state index contributed by atoms with van der Waals surface area (Å²) < 4.78 is 38.7. The standard InChI is InChI=1S/C17H25N3O5S/c1-11(2)4-5-20-10-17-9-19(16(21)14-6-12(3)25-18-14)8-13(24-17)7-15(17)26(20,22)23/h6,11,13,15H,4-5,7-10H2,1-3H3/t13-,15+,17+/m1/s1. The first-order valence-electron chi connectivity index (χ1n) is 9.11. The molecule has 0 aliphatic carbocycles. The van der Waals surface area contributed by atoms with Gasteiger partial charge < -0.3 is 14.2 Å². The highest BCUT2D eigenvalue weighted by molar-refractivity contribution is 7.90. The number of hydrogen-bond acceptors (Lipinski definition) is 6. The number of morpholine rings is 1. The van der Waals surface area contributed by atoms with Crippen molar-refractivity contribution in [2.75, 3.05) is 26.2 Å².